The van der Waals surface area contributed by atoms with Crippen molar-refractivity contribution in [3.8, 4) is 5.75 Å². The van der Waals surface area contributed by atoms with Gasteiger partial charge >= 0.3 is 0 Å². The van der Waals surface area contributed by atoms with Gasteiger partial charge in [0.25, 0.3) is 0 Å². The summed E-state index contributed by atoms with van der Waals surface area (Å²) in [7, 11) is 1.71. The fraction of sp³-hybridized carbons (Fsp3) is 0.625. The standard InChI is InChI=1S/C16H26ClNO2/c1-12(2)14-11-15(17)13(3)10-16(14)20-8-5-6-18-7-9-19-4/h10-12,18H,5-9H2,1-4H3. The van der Waals surface area contributed by atoms with Gasteiger partial charge in [0.2, 0.25) is 0 Å². The summed E-state index contributed by atoms with van der Waals surface area (Å²) in [6.45, 7) is 9.59. The molecule has 0 fully saturated rings. The maximum Gasteiger partial charge on any atom is 0.123 e. The van der Waals surface area contributed by atoms with Crippen molar-refractivity contribution < 1.29 is 9.47 Å². The highest BCUT2D eigenvalue weighted by Crippen LogP contribution is 2.31. The number of rotatable bonds is 9. The van der Waals surface area contributed by atoms with Crippen LogP contribution in [0.5, 0.6) is 5.75 Å². The van der Waals surface area contributed by atoms with E-state index in [0.29, 0.717) is 12.5 Å². The largest absolute Gasteiger partial charge is 0.493 e. The molecule has 0 aliphatic carbocycles. The van der Waals surface area contributed by atoms with Crippen LogP contribution in [0.3, 0.4) is 0 Å². The number of ether oxygens (including phenoxy) is 2. The van der Waals surface area contributed by atoms with Crippen LogP contribution in [-0.2, 0) is 4.74 Å². The predicted octanol–water partition coefficient (Wildman–Crippen LogP) is 3.78. The minimum Gasteiger partial charge on any atom is -0.493 e. The Labute approximate surface area is 127 Å². The molecule has 1 aromatic rings. The van der Waals surface area contributed by atoms with Gasteiger partial charge in [0.15, 0.2) is 0 Å². The second kappa shape index (κ2) is 9.22. The van der Waals surface area contributed by atoms with E-state index >= 15 is 0 Å². The molecule has 0 atom stereocenters. The van der Waals surface area contributed by atoms with Gasteiger partial charge in [-0.05, 0) is 49.1 Å². The van der Waals surface area contributed by atoms with Crippen LogP contribution in [0.2, 0.25) is 5.02 Å². The molecule has 114 valence electrons. The Morgan fingerprint density at radius 3 is 2.60 bits per heavy atom. The fourth-order valence-corrected chi connectivity index (χ4v) is 2.10. The summed E-state index contributed by atoms with van der Waals surface area (Å²) in [5.74, 6) is 1.36. The zero-order valence-electron chi connectivity index (χ0n) is 13.0. The lowest BCUT2D eigenvalue weighted by atomic mass is 10.0. The van der Waals surface area contributed by atoms with Crippen LogP contribution in [0.15, 0.2) is 12.1 Å². The topological polar surface area (TPSA) is 30.5 Å². The van der Waals surface area contributed by atoms with Crippen LogP contribution in [0, 0.1) is 6.92 Å². The Bertz CT molecular complexity index is 408. The first-order valence-corrected chi connectivity index (χ1v) is 7.56. The van der Waals surface area contributed by atoms with E-state index in [0.717, 1.165) is 42.5 Å². The van der Waals surface area contributed by atoms with Crippen molar-refractivity contribution in [1.29, 1.82) is 0 Å². The van der Waals surface area contributed by atoms with E-state index in [1.54, 1.807) is 7.11 Å². The van der Waals surface area contributed by atoms with Gasteiger partial charge in [-0.2, -0.15) is 0 Å². The SMILES string of the molecule is COCCNCCCOc1cc(C)c(Cl)cc1C(C)C. The van der Waals surface area contributed by atoms with Crippen molar-refractivity contribution in [2.24, 2.45) is 0 Å². The summed E-state index contributed by atoms with van der Waals surface area (Å²) in [6.07, 6.45) is 0.975. The molecule has 0 saturated carbocycles. The van der Waals surface area contributed by atoms with Gasteiger partial charge in [-0.25, -0.2) is 0 Å². The third-order valence-electron chi connectivity index (χ3n) is 3.15. The molecule has 0 amide bonds. The molecule has 1 rings (SSSR count). The number of hydrogen-bond donors (Lipinski definition) is 1. The van der Waals surface area contributed by atoms with Gasteiger partial charge in [0.05, 0.1) is 13.2 Å². The second-order valence-corrected chi connectivity index (χ2v) is 5.65. The van der Waals surface area contributed by atoms with Gasteiger partial charge in [0.1, 0.15) is 5.75 Å². The maximum atomic E-state index is 6.18. The van der Waals surface area contributed by atoms with Crippen molar-refractivity contribution in [2.75, 3.05) is 33.4 Å². The third-order valence-corrected chi connectivity index (χ3v) is 3.56. The molecule has 0 radical (unpaired) electrons. The lowest BCUT2D eigenvalue weighted by Crippen LogP contribution is -2.21. The Morgan fingerprint density at radius 2 is 1.95 bits per heavy atom. The predicted molar refractivity (Wildman–Crippen MR) is 85.1 cm³/mol. The minimum atomic E-state index is 0.405. The van der Waals surface area contributed by atoms with Crippen LogP contribution < -0.4 is 10.1 Å². The smallest absolute Gasteiger partial charge is 0.123 e. The molecular formula is C16H26ClNO2. The monoisotopic (exact) mass is 299 g/mol. The highest BCUT2D eigenvalue weighted by Gasteiger charge is 2.10. The van der Waals surface area contributed by atoms with Crippen LogP contribution >= 0.6 is 11.6 Å². The Balaban J connectivity index is 2.45. The summed E-state index contributed by atoms with van der Waals surface area (Å²) in [5, 5.41) is 4.11. The lowest BCUT2D eigenvalue weighted by Gasteiger charge is -2.16. The zero-order valence-corrected chi connectivity index (χ0v) is 13.7. The summed E-state index contributed by atoms with van der Waals surface area (Å²) in [4.78, 5) is 0. The maximum absolute atomic E-state index is 6.18. The summed E-state index contributed by atoms with van der Waals surface area (Å²) < 4.78 is 10.9. The quantitative estimate of drug-likeness (QED) is 0.704. The first kappa shape index (κ1) is 17.3. The molecule has 20 heavy (non-hydrogen) atoms. The van der Waals surface area contributed by atoms with Gasteiger partial charge in [0, 0.05) is 18.7 Å². The fourth-order valence-electron chi connectivity index (χ4n) is 1.93. The normalized spacial score (nSPS) is 11.1. The molecule has 0 unspecified atom stereocenters. The molecular weight excluding hydrogens is 274 g/mol. The van der Waals surface area contributed by atoms with Gasteiger partial charge in [-0.1, -0.05) is 25.4 Å². The number of nitrogens with one attached hydrogen (secondary N) is 1. The van der Waals surface area contributed by atoms with Crippen LogP contribution in [0.1, 0.15) is 37.3 Å². The summed E-state index contributed by atoms with van der Waals surface area (Å²) in [5.41, 5.74) is 2.23. The minimum absolute atomic E-state index is 0.405. The average molecular weight is 300 g/mol. The van der Waals surface area contributed by atoms with Gasteiger partial charge < -0.3 is 14.8 Å². The Kier molecular flexibility index (Phi) is 7.97. The molecule has 1 aromatic carbocycles. The number of benzene rings is 1. The second-order valence-electron chi connectivity index (χ2n) is 5.24. The summed E-state index contributed by atoms with van der Waals surface area (Å²) >= 11 is 6.18. The molecule has 0 spiro atoms. The van der Waals surface area contributed by atoms with Crippen molar-refractivity contribution in [3.63, 3.8) is 0 Å². The first-order chi connectivity index (χ1) is 9.56. The molecule has 0 heterocycles. The molecule has 0 saturated heterocycles. The highest BCUT2D eigenvalue weighted by atomic mass is 35.5. The van der Waals surface area contributed by atoms with Gasteiger partial charge in [-0.3, -0.25) is 0 Å². The van der Waals surface area contributed by atoms with E-state index in [-0.39, 0.29) is 0 Å². The molecule has 4 heteroatoms. The van der Waals surface area contributed by atoms with E-state index in [9.17, 15) is 0 Å². The molecule has 3 nitrogen and oxygen atoms in total. The zero-order chi connectivity index (χ0) is 15.0. The van der Waals surface area contributed by atoms with Crippen LogP contribution in [0.4, 0.5) is 0 Å². The van der Waals surface area contributed by atoms with Crippen molar-refractivity contribution in [1.82, 2.24) is 5.32 Å². The van der Waals surface area contributed by atoms with E-state index in [2.05, 4.69) is 19.2 Å². The Morgan fingerprint density at radius 1 is 1.20 bits per heavy atom. The molecule has 0 aliphatic heterocycles. The van der Waals surface area contributed by atoms with Crippen molar-refractivity contribution >= 4 is 11.6 Å². The summed E-state index contributed by atoms with van der Waals surface area (Å²) in [6, 6.07) is 4.06. The van der Waals surface area contributed by atoms with E-state index < -0.39 is 0 Å². The number of hydrogen-bond acceptors (Lipinski definition) is 3. The average Bonchev–Trinajstić information content (AvgIpc) is 2.41. The number of methoxy groups -OCH3 is 1. The Hall–Kier alpha value is -0.770. The van der Waals surface area contributed by atoms with Crippen molar-refractivity contribution in [3.05, 3.63) is 28.3 Å². The van der Waals surface area contributed by atoms with Crippen LogP contribution in [-0.4, -0.2) is 33.4 Å². The van der Waals surface area contributed by atoms with E-state index in [4.69, 9.17) is 21.1 Å². The van der Waals surface area contributed by atoms with E-state index in [1.807, 2.05) is 19.1 Å². The third kappa shape index (κ3) is 5.70. The molecule has 0 aliphatic rings. The lowest BCUT2D eigenvalue weighted by molar-refractivity contribution is 0.198. The number of halogens is 1. The molecule has 0 bridgehead atoms. The van der Waals surface area contributed by atoms with E-state index in [1.165, 1.54) is 5.56 Å². The first-order valence-electron chi connectivity index (χ1n) is 7.18. The van der Waals surface area contributed by atoms with Crippen LogP contribution in [0.25, 0.3) is 0 Å². The molecule has 0 aromatic heterocycles. The highest BCUT2D eigenvalue weighted by molar-refractivity contribution is 6.31. The number of aryl methyl sites for hydroxylation is 1. The van der Waals surface area contributed by atoms with Crippen molar-refractivity contribution in [2.45, 2.75) is 33.1 Å². The molecule has 1 N–H and O–H groups in total. The van der Waals surface area contributed by atoms with Gasteiger partial charge in [-0.15, -0.1) is 0 Å².